The smallest absolute Gasteiger partial charge is 0.303 e. The van der Waals surface area contributed by atoms with Crippen molar-refractivity contribution in [2.24, 2.45) is 0 Å². The van der Waals surface area contributed by atoms with Crippen LogP contribution < -0.4 is 18.9 Å². The fourth-order valence-electron chi connectivity index (χ4n) is 7.21. The zero-order valence-electron chi connectivity index (χ0n) is 30.5. The second kappa shape index (κ2) is 17.1. The van der Waals surface area contributed by atoms with Gasteiger partial charge >= 0.3 is 11.9 Å². The monoisotopic (exact) mass is 721 g/mol. The molecule has 1 aliphatic carbocycles. The first-order valence-corrected chi connectivity index (χ1v) is 19.3. The Balaban J connectivity index is 1.25. The predicted molar refractivity (Wildman–Crippen MR) is 209 cm³/mol. The molecule has 0 unspecified atom stereocenters. The quantitative estimate of drug-likeness (QED) is 0.0878. The summed E-state index contributed by atoms with van der Waals surface area (Å²) in [5, 5.41) is 21.6. The molecule has 0 atom stereocenters. The average molecular weight is 722 g/mol. The van der Waals surface area contributed by atoms with Gasteiger partial charge < -0.3 is 24.6 Å². The molecule has 0 amide bonds. The summed E-state index contributed by atoms with van der Waals surface area (Å²) >= 11 is 1.76. The van der Waals surface area contributed by atoms with Crippen molar-refractivity contribution < 1.29 is 33.8 Å². The first kappa shape index (κ1) is 36.9. The maximum Gasteiger partial charge on any atom is 0.303 e. The molecule has 9 heteroatoms. The third-order valence-corrected chi connectivity index (χ3v) is 11.2. The van der Waals surface area contributed by atoms with E-state index >= 15 is 0 Å². The Hall–Kier alpha value is -4.89. The highest BCUT2D eigenvalue weighted by molar-refractivity contribution is 7.18. The number of methoxy groups -OCH3 is 1. The number of nitrogens with zero attached hydrogens (tertiary/aromatic N) is 2. The van der Waals surface area contributed by atoms with E-state index in [2.05, 4.69) is 90.1 Å². The van der Waals surface area contributed by atoms with Crippen molar-refractivity contribution in [1.82, 2.24) is 0 Å². The number of ether oxygens (including phenoxy) is 2. The van der Waals surface area contributed by atoms with Crippen molar-refractivity contribution in [3.63, 3.8) is 0 Å². The number of hydrogen-bond acceptors (Lipinski definition) is 6. The lowest BCUT2D eigenvalue weighted by Gasteiger charge is -2.20. The molecule has 2 heterocycles. The number of aryl methyl sites for hydroxylation is 2. The molecule has 52 heavy (non-hydrogen) atoms. The summed E-state index contributed by atoms with van der Waals surface area (Å²) in [6, 6.07) is 16.9. The highest BCUT2D eigenvalue weighted by atomic mass is 32.1. The Kier molecular flexibility index (Phi) is 12.1. The highest BCUT2D eigenvalue weighted by Gasteiger charge is 2.27. The van der Waals surface area contributed by atoms with Gasteiger partial charge in [0, 0.05) is 44.0 Å². The zero-order valence-corrected chi connectivity index (χ0v) is 31.3. The van der Waals surface area contributed by atoms with Gasteiger partial charge in [0.25, 0.3) is 5.01 Å². The number of carboxylic acid groups (broad SMARTS) is 2. The molecular weight excluding hydrogens is 673 g/mol. The van der Waals surface area contributed by atoms with Gasteiger partial charge in [0.15, 0.2) is 12.3 Å². The number of carboxylic acids is 2. The van der Waals surface area contributed by atoms with Crippen LogP contribution in [0.1, 0.15) is 88.1 Å². The number of benzene rings is 3. The van der Waals surface area contributed by atoms with E-state index in [0.717, 1.165) is 97.4 Å². The molecule has 2 aliphatic rings. The summed E-state index contributed by atoms with van der Waals surface area (Å²) in [7, 11) is 1.71. The van der Waals surface area contributed by atoms with Crippen LogP contribution in [0.3, 0.4) is 0 Å². The minimum atomic E-state index is -0.748. The second-order valence-electron chi connectivity index (χ2n) is 13.7. The van der Waals surface area contributed by atoms with E-state index in [1.54, 1.807) is 18.4 Å². The summed E-state index contributed by atoms with van der Waals surface area (Å²) in [4.78, 5) is 24.3. The van der Waals surface area contributed by atoms with Crippen LogP contribution in [0, 0.1) is 6.92 Å². The van der Waals surface area contributed by atoms with Gasteiger partial charge in [-0.1, -0.05) is 54.2 Å². The van der Waals surface area contributed by atoms with Crippen LogP contribution >= 0.6 is 11.3 Å². The van der Waals surface area contributed by atoms with E-state index in [-0.39, 0.29) is 12.8 Å². The second-order valence-corrected chi connectivity index (χ2v) is 14.8. The minimum Gasteiger partial charge on any atom is -0.496 e. The predicted octanol–water partition coefficient (Wildman–Crippen LogP) is 10.1. The highest BCUT2D eigenvalue weighted by Crippen LogP contribution is 2.42. The van der Waals surface area contributed by atoms with Crippen molar-refractivity contribution in [3.8, 4) is 11.5 Å². The largest absolute Gasteiger partial charge is 0.496 e. The van der Waals surface area contributed by atoms with Gasteiger partial charge in [0.2, 0.25) is 11.4 Å². The van der Waals surface area contributed by atoms with E-state index in [1.165, 1.54) is 31.9 Å². The molecule has 2 N–H and O–H groups in total. The molecule has 0 saturated carbocycles. The number of aliphatic carboxylic acids is 2. The van der Waals surface area contributed by atoms with E-state index in [0.29, 0.717) is 12.8 Å². The molecule has 0 spiro atoms. The first-order chi connectivity index (χ1) is 25.2. The molecule has 6 rings (SSSR count). The Bertz CT molecular complexity index is 2090. The standard InChI is InChI=1S/C43H48N2O6S/c1-29-25-36-39(28-37(29)50-3)52-41(45(36)24-11-5-7-18-43(48)49)22-20-32-16-12-15-31(30(32)2)19-21-40-44(23-10-4-6-17-42(46)47)35-26-33-13-8-9-14-34(33)27-38(35)51-40/h8-9,13-14,19-22,25-28H,4-7,10-12,15-18,23-24H2,1-3H3,(H-,46,47,48,49)/p+1. The van der Waals surface area contributed by atoms with E-state index in [4.69, 9.17) is 19.7 Å². The maximum absolute atomic E-state index is 11.0. The van der Waals surface area contributed by atoms with Gasteiger partial charge in [0.1, 0.15) is 10.4 Å². The number of fused-ring (bicyclic) bond motifs is 3. The number of rotatable bonds is 16. The van der Waals surface area contributed by atoms with Gasteiger partial charge in [-0.25, -0.2) is 0 Å². The lowest BCUT2D eigenvalue weighted by atomic mass is 9.88. The topological polar surface area (TPSA) is 100 Å². The number of unbranched alkanes of at least 4 members (excludes halogenated alkanes) is 4. The van der Waals surface area contributed by atoms with Crippen molar-refractivity contribution in [1.29, 1.82) is 0 Å². The molecule has 0 bridgehead atoms. The third kappa shape index (κ3) is 8.76. The van der Waals surface area contributed by atoms with Crippen LogP contribution in [0.15, 0.2) is 89.4 Å². The average Bonchev–Trinajstić information content (AvgIpc) is 3.64. The minimum absolute atomic E-state index is 0.195. The molecule has 272 valence electrons. The third-order valence-electron chi connectivity index (χ3n) is 10.1. The molecule has 3 aromatic carbocycles. The van der Waals surface area contributed by atoms with Crippen LogP contribution in [0.4, 0.5) is 5.69 Å². The number of allylic oxidation sites excluding steroid dienone is 6. The lowest BCUT2D eigenvalue weighted by molar-refractivity contribution is -0.669. The Morgan fingerprint density at radius 2 is 1.63 bits per heavy atom. The normalized spacial score (nSPS) is 16.1. The Morgan fingerprint density at radius 1 is 0.904 bits per heavy atom. The van der Waals surface area contributed by atoms with Gasteiger partial charge in [0.05, 0.1) is 12.8 Å². The van der Waals surface area contributed by atoms with E-state index < -0.39 is 11.9 Å². The molecule has 4 aromatic rings. The van der Waals surface area contributed by atoms with Crippen LogP contribution in [-0.4, -0.2) is 35.8 Å². The SMILES string of the molecule is COc1cc2sc(/C=C/C3=C(C)C(=C/C=C4\Oc5cc6ccccc6cc5N4CCCCCC(=O)O)/CCC3)[n+](CCCCCC(=O)O)c2cc1C. The maximum atomic E-state index is 11.0. The van der Waals surface area contributed by atoms with Crippen molar-refractivity contribution in [2.45, 2.75) is 91.0 Å². The van der Waals surface area contributed by atoms with Gasteiger partial charge in [-0.05, 0) is 110 Å². The summed E-state index contributed by atoms with van der Waals surface area (Å²) in [6.45, 7) is 5.87. The van der Waals surface area contributed by atoms with Gasteiger partial charge in [-0.2, -0.15) is 4.57 Å². The van der Waals surface area contributed by atoms with Crippen LogP contribution in [0.5, 0.6) is 11.5 Å². The molecule has 0 radical (unpaired) electrons. The summed E-state index contributed by atoms with van der Waals surface area (Å²) in [5.74, 6) is 1.04. The van der Waals surface area contributed by atoms with Crippen molar-refractivity contribution in [3.05, 3.63) is 99.9 Å². The number of aromatic nitrogens is 1. The molecule has 8 nitrogen and oxygen atoms in total. The fraction of sp³-hybridized carbons (Fsp3) is 0.372. The fourth-order valence-corrected chi connectivity index (χ4v) is 8.31. The number of carbonyl (C=O) groups is 2. The molecule has 1 aromatic heterocycles. The summed E-state index contributed by atoms with van der Waals surface area (Å²) < 4.78 is 15.7. The van der Waals surface area contributed by atoms with Crippen LogP contribution in [0.25, 0.3) is 27.1 Å². The number of hydrogen-bond donors (Lipinski definition) is 2. The number of thiazole rings is 1. The van der Waals surface area contributed by atoms with Crippen LogP contribution in [0.2, 0.25) is 0 Å². The molecular formula is C43H49N2O6S+. The Labute approximate surface area is 310 Å². The van der Waals surface area contributed by atoms with Gasteiger partial charge in [-0.15, -0.1) is 0 Å². The first-order valence-electron chi connectivity index (χ1n) is 18.4. The molecule has 1 aliphatic heterocycles. The van der Waals surface area contributed by atoms with Gasteiger partial charge in [-0.3, -0.25) is 9.59 Å². The summed E-state index contributed by atoms with van der Waals surface area (Å²) in [6.07, 6.45) is 17.2. The van der Waals surface area contributed by atoms with E-state index in [9.17, 15) is 9.59 Å². The van der Waals surface area contributed by atoms with Crippen molar-refractivity contribution >= 4 is 56.0 Å². The van der Waals surface area contributed by atoms with E-state index in [1.807, 2.05) is 6.07 Å². The lowest BCUT2D eigenvalue weighted by Crippen LogP contribution is -2.35. The van der Waals surface area contributed by atoms with Crippen LogP contribution in [-0.2, 0) is 16.1 Å². The Morgan fingerprint density at radius 3 is 2.37 bits per heavy atom. The summed E-state index contributed by atoms with van der Waals surface area (Å²) in [5.41, 5.74) is 7.24. The molecule has 0 fully saturated rings. The molecule has 0 saturated heterocycles. The number of anilines is 1. The zero-order chi connectivity index (χ0) is 36.6. The van der Waals surface area contributed by atoms with Crippen molar-refractivity contribution in [2.75, 3.05) is 18.6 Å².